The number of aryl methyl sites for hydroxylation is 1. The lowest BCUT2D eigenvalue weighted by atomic mass is 10.2. The van der Waals surface area contributed by atoms with Gasteiger partial charge in [-0.15, -0.1) is 0 Å². The van der Waals surface area contributed by atoms with Crippen molar-refractivity contribution in [3.63, 3.8) is 0 Å². The number of rotatable bonds is 2. The van der Waals surface area contributed by atoms with Crippen molar-refractivity contribution in [3.8, 4) is 0 Å². The van der Waals surface area contributed by atoms with Crippen molar-refractivity contribution in [2.24, 2.45) is 0 Å². The molecule has 0 radical (unpaired) electrons. The molecule has 0 unspecified atom stereocenters. The number of nitrogens with zero attached hydrogens (tertiary/aromatic N) is 1. The number of nitrogens with one attached hydrogen (secondary N) is 1. The lowest BCUT2D eigenvalue weighted by molar-refractivity contribution is 0.102. The van der Waals surface area contributed by atoms with E-state index in [1.54, 1.807) is 0 Å². The SMILES string of the molecule is Cc1cc(NC(=O)c2ccnc(F)c2F)ccc1F. The summed E-state index contributed by atoms with van der Waals surface area (Å²) < 4.78 is 39.3. The van der Waals surface area contributed by atoms with Gasteiger partial charge in [0.1, 0.15) is 5.82 Å². The van der Waals surface area contributed by atoms with Crippen LogP contribution in [0.4, 0.5) is 18.9 Å². The zero-order valence-corrected chi connectivity index (χ0v) is 9.88. The van der Waals surface area contributed by atoms with Crippen LogP contribution >= 0.6 is 0 Å². The number of pyridine rings is 1. The molecular weight excluding hydrogens is 257 g/mol. The Bertz CT molecular complexity index is 644. The zero-order chi connectivity index (χ0) is 14.0. The van der Waals surface area contributed by atoms with Crippen LogP contribution in [0.5, 0.6) is 0 Å². The molecule has 1 amide bonds. The van der Waals surface area contributed by atoms with E-state index in [9.17, 15) is 18.0 Å². The Hall–Kier alpha value is -2.37. The molecule has 3 nitrogen and oxygen atoms in total. The highest BCUT2D eigenvalue weighted by atomic mass is 19.2. The van der Waals surface area contributed by atoms with Gasteiger partial charge in [0.25, 0.3) is 5.91 Å². The van der Waals surface area contributed by atoms with Gasteiger partial charge in [-0.25, -0.2) is 13.8 Å². The molecule has 0 atom stereocenters. The van der Waals surface area contributed by atoms with E-state index in [1.807, 2.05) is 0 Å². The first-order chi connectivity index (χ1) is 8.99. The lowest BCUT2D eigenvalue weighted by Gasteiger charge is -2.07. The molecule has 1 aromatic heterocycles. The number of benzene rings is 1. The number of carbonyl (C=O) groups excluding carboxylic acids is 1. The zero-order valence-electron chi connectivity index (χ0n) is 9.88. The minimum Gasteiger partial charge on any atom is -0.322 e. The van der Waals surface area contributed by atoms with Crippen LogP contribution in [0, 0.1) is 24.5 Å². The summed E-state index contributed by atoms with van der Waals surface area (Å²) in [7, 11) is 0. The fraction of sp³-hybridized carbons (Fsp3) is 0.0769. The van der Waals surface area contributed by atoms with Gasteiger partial charge >= 0.3 is 0 Å². The highest BCUT2D eigenvalue weighted by Gasteiger charge is 2.16. The Morgan fingerprint density at radius 2 is 1.95 bits per heavy atom. The number of aromatic nitrogens is 1. The molecule has 1 heterocycles. The molecule has 0 spiro atoms. The summed E-state index contributed by atoms with van der Waals surface area (Å²) in [6.45, 7) is 1.53. The average Bonchev–Trinajstić information content (AvgIpc) is 2.37. The number of carbonyl (C=O) groups is 1. The predicted molar refractivity (Wildman–Crippen MR) is 63.2 cm³/mol. The van der Waals surface area contributed by atoms with Crippen LogP contribution in [0.2, 0.25) is 0 Å². The quantitative estimate of drug-likeness (QED) is 0.849. The van der Waals surface area contributed by atoms with Crippen LogP contribution < -0.4 is 5.32 Å². The smallest absolute Gasteiger partial charge is 0.258 e. The van der Waals surface area contributed by atoms with E-state index in [4.69, 9.17) is 0 Å². The second kappa shape index (κ2) is 5.09. The molecule has 2 rings (SSSR count). The highest BCUT2D eigenvalue weighted by Crippen LogP contribution is 2.16. The molecule has 0 aliphatic heterocycles. The number of hydrogen-bond donors (Lipinski definition) is 1. The Balaban J connectivity index is 2.26. The number of amides is 1. The van der Waals surface area contributed by atoms with Crippen molar-refractivity contribution >= 4 is 11.6 Å². The maximum absolute atomic E-state index is 13.3. The van der Waals surface area contributed by atoms with Crippen molar-refractivity contribution < 1.29 is 18.0 Å². The molecule has 6 heteroatoms. The Morgan fingerprint density at radius 1 is 1.21 bits per heavy atom. The third-order valence-electron chi connectivity index (χ3n) is 2.51. The summed E-state index contributed by atoms with van der Waals surface area (Å²) in [5, 5.41) is 2.35. The lowest BCUT2D eigenvalue weighted by Crippen LogP contribution is -2.15. The molecule has 0 aliphatic carbocycles. The number of anilines is 1. The third kappa shape index (κ3) is 2.73. The Labute approximate surface area is 107 Å². The van der Waals surface area contributed by atoms with Gasteiger partial charge < -0.3 is 5.32 Å². The van der Waals surface area contributed by atoms with E-state index in [1.165, 1.54) is 25.1 Å². The van der Waals surface area contributed by atoms with Gasteiger partial charge in [-0.05, 0) is 36.8 Å². The summed E-state index contributed by atoms with van der Waals surface area (Å²) in [5.41, 5.74) is 0.161. The van der Waals surface area contributed by atoms with Crippen molar-refractivity contribution in [1.82, 2.24) is 4.98 Å². The molecule has 1 N–H and O–H groups in total. The largest absolute Gasteiger partial charge is 0.322 e. The maximum Gasteiger partial charge on any atom is 0.258 e. The summed E-state index contributed by atoms with van der Waals surface area (Å²) in [6, 6.07) is 4.96. The maximum atomic E-state index is 13.3. The first kappa shape index (κ1) is 13.1. The minimum atomic E-state index is -1.34. The normalized spacial score (nSPS) is 10.3. The molecule has 2 aromatic rings. The molecule has 1 aromatic carbocycles. The van der Waals surface area contributed by atoms with Gasteiger partial charge in [0.05, 0.1) is 5.56 Å². The average molecular weight is 266 g/mol. The van der Waals surface area contributed by atoms with Gasteiger partial charge in [0.15, 0.2) is 5.82 Å². The van der Waals surface area contributed by atoms with E-state index in [-0.39, 0.29) is 0 Å². The topological polar surface area (TPSA) is 42.0 Å². The molecule has 0 aliphatic rings. The summed E-state index contributed by atoms with van der Waals surface area (Å²) >= 11 is 0. The predicted octanol–water partition coefficient (Wildman–Crippen LogP) is 3.06. The summed E-state index contributed by atoms with van der Waals surface area (Å²) in [6.07, 6.45) is 0.989. The number of hydrogen-bond acceptors (Lipinski definition) is 2. The van der Waals surface area contributed by atoms with Crippen molar-refractivity contribution in [2.45, 2.75) is 6.92 Å². The summed E-state index contributed by atoms with van der Waals surface area (Å²) in [4.78, 5) is 14.8. The van der Waals surface area contributed by atoms with Gasteiger partial charge in [-0.2, -0.15) is 4.39 Å². The third-order valence-corrected chi connectivity index (χ3v) is 2.51. The van der Waals surface area contributed by atoms with E-state index in [2.05, 4.69) is 10.3 Å². The van der Waals surface area contributed by atoms with E-state index >= 15 is 0 Å². The monoisotopic (exact) mass is 266 g/mol. The molecule has 0 fully saturated rings. The Morgan fingerprint density at radius 3 is 2.63 bits per heavy atom. The molecule has 0 saturated heterocycles. The van der Waals surface area contributed by atoms with E-state index in [0.29, 0.717) is 11.3 Å². The standard InChI is InChI=1S/C13H9F3N2O/c1-7-6-8(2-3-10(7)14)18-13(19)9-4-5-17-12(16)11(9)15/h2-6H,1H3,(H,18,19). The van der Waals surface area contributed by atoms with Gasteiger partial charge in [0.2, 0.25) is 5.95 Å². The van der Waals surface area contributed by atoms with Crippen LogP contribution in [0.1, 0.15) is 15.9 Å². The van der Waals surface area contributed by atoms with Crippen molar-refractivity contribution in [2.75, 3.05) is 5.32 Å². The second-order valence-electron chi connectivity index (χ2n) is 3.88. The first-order valence-corrected chi connectivity index (χ1v) is 5.36. The summed E-state index contributed by atoms with van der Waals surface area (Å²) in [5.74, 6) is -3.91. The van der Waals surface area contributed by atoms with Crippen LogP contribution in [-0.2, 0) is 0 Å². The minimum absolute atomic E-state index is 0.292. The van der Waals surface area contributed by atoms with Gasteiger partial charge in [-0.3, -0.25) is 4.79 Å². The molecule has 0 saturated carbocycles. The number of halogens is 3. The van der Waals surface area contributed by atoms with Crippen molar-refractivity contribution in [1.29, 1.82) is 0 Å². The van der Waals surface area contributed by atoms with Crippen LogP contribution in [-0.4, -0.2) is 10.9 Å². The molecular formula is C13H9F3N2O. The first-order valence-electron chi connectivity index (χ1n) is 5.36. The van der Waals surface area contributed by atoms with Gasteiger partial charge in [0, 0.05) is 11.9 Å². The van der Waals surface area contributed by atoms with Gasteiger partial charge in [-0.1, -0.05) is 0 Å². The van der Waals surface area contributed by atoms with E-state index in [0.717, 1.165) is 12.3 Å². The second-order valence-corrected chi connectivity index (χ2v) is 3.88. The van der Waals surface area contributed by atoms with Crippen LogP contribution in [0.25, 0.3) is 0 Å². The van der Waals surface area contributed by atoms with Crippen LogP contribution in [0.15, 0.2) is 30.5 Å². The fourth-order valence-electron chi connectivity index (χ4n) is 1.51. The molecule has 19 heavy (non-hydrogen) atoms. The van der Waals surface area contributed by atoms with Crippen molar-refractivity contribution in [3.05, 3.63) is 59.2 Å². The van der Waals surface area contributed by atoms with Crippen LogP contribution in [0.3, 0.4) is 0 Å². The highest BCUT2D eigenvalue weighted by molar-refractivity contribution is 6.04. The molecule has 0 bridgehead atoms. The fourth-order valence-corrected chi connectivity index (χ4v) is 1.51. The van der Waals surface area contributed by atoms with E-state index < -0.39 is 29.1 Å². The molecule has 98 valence electrons. The Kier molecular flexibility index (Phi) is 3.50.